The number of amides is 1. The van der Waals surface area contributed by atoms with Gasteiger partial charge in [0.1, 0.15) is 0 Å². The Morgan fingerprint density at radius 2 is 1.79 bits per heavy atom. The first-order valence-corrected chi connectivity index (χ1v) is 6.87. The van der Waals surface area contributed by atoms with Gasteiger partial charge in [-0.2, -0.15) is 0 Å². The highest BCUT2D eigenvalue weighted by Gasteiger charge is 2.10. The first-order chi connectivity index (χ1) is 9.24. The number of nitrogens with one attached hydrogen (secondary N) is 1. The molecule has 0 radical (unpaired) electrons. The summed E-state index contributed by atoms with van der Waals surface area (Å²) in [6, 6.07) is 14.2. The Kier molecular flexibility index (Phi) is 4.47. The van der Waals surface area contributed by atoms with E-state index in [1.807, 2.05) is 24.3 Å². The Hall–Kier alpha value is -1.94. The van der Waals surface area contributed by atoms with Crippen LogP contribution in [0.5, 0.6) is 0 Å². The molecule has 0 saturated carbocycles. The molecule has 0 saturated heterocycles. The average molecular weight is 318 g/mol. The van der Waals surface area contributed by atoms with Crippen molar-refractivity contribution >= 4 is 33.8 Å². The fourth-order valence-electron chi connectivity index (χ4n) is 1.68. The minimum absolute atomic E-state index is 0.283. The minimum Gasteiger partial charge on any atom is -0.322 e. The number of alkyl halides is 1. The fraction of sp³-hybridized carbons (Fsp3) is 0.0667. The largest absolute Gasteiger partial charge is 0.322 e. The molecule has 0 aliphatic rings. The molecule has 0 aliphatic carbocycles. The molecule has 0 fully saturated rings. The predicted molar refractivity (Wildman–Crippen MR) is 78.9 cm³/mol. The molecular formula is C15H12BrNO2. The molecule has 3 nitrogen and oxygen atoms in total. The van der Waals surface area contributed by atoms with Crippen LogP contribution >= 0.6 is 15.9 Å². The molecule has 96 valence electrons. The molecule has 2 aromatic carbocycles. The SMILES string of the molecule is O=Cc1ccccc1C(=O)Nc1ccc(CBr)cc1. The fourth-order valence-corrected chi connectivity index (χ4v) is 2.06. The van der Waals surface area contributed by atoms with E-state index < -0.39 is 0 Å². The highest BCUT2D eigenvalue weighted by atomic mass is 79.9. The third-order valence-electron chi connectivity index (χ3n) is 2.70. The second kappa shape index (κ2) is 6.29. The monoisotopic (exact) mass is 317 g/mol. The Bertz CT molecular complexity index is 593. The van der Waals surface area contributed by atoms with Gasteiger partial charge < -0.3 is 5.32 Å². The molecule has 1 amide bonds. The van der Waals surface area contributed by atoms with Crippen molar-refractivity contribution in [2.24, 2.45) is 0 Å². The van der Waals surface area contributed by atoms with Gasteiger partial charge in [-0.1, -0.05) is 46.3 Å². The van der Waals surface area contributed by atoms with E-state index in [0.29, 0.717) is 23.1 Å². The topological polar surface area (TPSA) is 46.2 Å². The third-order valence-corrected chi connectivity index (χ3v) is 3.35. The first-order valence-electron chi connectivity index (χ1n) is 5.75. The van der Waals surface area contributed by atoms with Crippen molar-refractivity contribution < 1.29 is 9.59 Å². The van der Waals surface area contributed by atoms with Crippen molar-refractivity contribution in [1.29, 1.82) is 0 Å². The van der Waals surface area contributed by atoms with Crippen LogP contribution in [0.1, 0.15) is 26.3 Å². The van der Waals surface area contributed by atoms with E-state index >= 15 is 0 Å². The zero-order chi connectivity index (χ0) is 13.7. The molecule has 0 spiro atoms. The Morgan fingerprint density at radius 3 is 2.42 bits per heavy atom. The molecule has 0 bridgehead atoms. The summed E-state index contributed by atoms with van der Waals surface area (Å²) >= 11 is 3.36. The van der Waals surface area contributed by atoms with E-state index in [0.717, 1.165) is 10.9 Å². The maximum absolute atomic E-state index is 12.1. The summed E-state index contributed by atoms with van der Waals surface area (Å²) in [6.45, 7) is 0. The molecule has 4 heteroatoms. The van der Waals surface area contributed by atoms with Crippen LogP contribution in [0, 0.1) is 0 Å². The lowest BCUT2D eigenvalue weighted by Gasteiger charge is -2.07. The number of anilines is 1. The van der Waals surface area contributed by atoms with Crippen molar-refractivity contribution in [1.82, 2.24) is 0 Å². The van der Waals surface area contributed by atoms with Gasteiger partial charge in [0.2, 0.25) is 0 Å². The molecule has 0 aromatic heterocycles. The van der Waals surface area contributed by atoms with Crippen LogP contribution in [0.15, 0.2) is 48.5 Å². The summed E-state index contributed by atoms with van der Waals surface area (Å²) in [5.41, 5.74) is 2.60. The van der Waals surface area contributed by atoms with Crippen LogP contribution in [0.2, 0.25) is 0 Å². The minimum atomic E-state index is -0.283. The molecule has 0 unspecified atom stereocenters. The highest BCUT2D eigenvalue weighted by molar-refractivity contribution is 9.08. The normalized spacial score (nSPS) is 9.95. The van der Waals surface area contributed by atoms with Gasteiger partial charge in [0.15, 0.2) is 6.29 Å². The summed E-state index contributed by atoms with van der Waals surface area (Å²) < 4.78 is 0. The van der Waals surface area contributed by atoms with E-state index in [1.54, 1.807) is 24.3 Å². The molecule has 0 atom stereocenters. The Labute approximate surface area is 119 Å². The summed E-state index contributed by atoms with van der Waals surface area (Å²) in [7, 11) is 0. The first kappa shape index (κ1) is 13.5. The maximum atomic E-state index is 12.1. The quantitative estimate of drug-likeness (QED) is 0.691. The van der Waals surface area contributed by atoms with Gasteiger partial charge in [-0.05, 0) is 23.8 Å². The van der Waals surface area contributed by atoms with E-state index in [2.05, 4.69) is 21.2 Å². The van der Waals surface area contributed by atoms with Crippen LogP contribution in [0.25, 0.3) is 0 Å². The van der Waals surface area contributed by atoms with Crippen molar-refractivity contribution in [3.63, 3.8) is 0 Å². The second-order valence-corrected chi connectivity index (χ2v) is 4.55. The van der Waals surface area contributed by atoms with E-state index in [1.165, 1.54) is 0 Å². The molecular weight excluding hydrogens is 306 g/mol. The van der Waals surface area contributed by atoms with Gasteiger partial charge >= 0.3 is 0 Å². The summed E-state index contributed by atoms with van der Waals surface area (Å²) in [4.78, 5) is 23.0. The number of hydrogen-bond acceptors (Lipinski definition) is 2. The number of carbonyl (C=O) groups excluding carboxylic acids is 2. The molecule has 2 aromatic rings. The Morgan fingerprint density at radius 1 is 1.11 bits per heavy atom. The summed E-state index contributed by atoms with van der Waals surface area (Å²) in [5.74, 6) is -0.283. The zero-order valence-corrected chi connectivity index (χ0v) is 11.7. The smallest absolute Gasteiger partial charge is 0.256 e. The van der Waals surface area contributed by atoms with E-state index in [4.69, 9.17) is 0 Å². The van der Waals surface area contributed by atoms with Crippen LogP contribution in [0.3, 0.4) is 0 Å². The number of carbonyl (C=O) groups is 2. The van der Waals surface area contributed by atoms with Gasteiger partial charge in [-0.3, -0.25) is 9.59 Å². The number of benzene rings is 2. The molecule has 2 rings (SSSR count). The summed E-state index contributed by atoms with van der Waals surface area (Å²) in [6.07, 6.45) is 0.683. The van der Waals surface area contributed by atoms with Gasteiger partial charge in [-0.15, -0.1) is 0 Å². The van der Waals surface area contributed by atoms with E-state index in [9.17, 15) is 9.59 Å². The number of aldehydes is 1. The van der Waals surface area contributed by atoms with Crippen LogP contribution in [-0.4, -0.2) is 12.2 Å². The van der Waals surface area contributed by atoms with E-state index in [-0.39, 0.29) is 5.91 Å². The van der Waals surface area contributed by atoms with Crippen molar-refractivity contribution in [2.75, 3.05) is 5.32 Å². The molecule has 1 N–H and O–H groups in total. The van der Waals surface area contributed by atoms with Gasteiger partial charge in [-0.25, -0.2) is 0 Å². The lowest BCUT2D eigenvalue weighted by molar-refractivity contribution is 0.101. The maximum Gasteiger partial charge on any atom is 0.256 e. The van der Waals surface area contributed by atoms with Crippen molar-refractivity contribution in [3.05, 3.63) is 65.2 Å². The van der Waals surface area contributed by atoms with Gasteiger partial charge in [0, 0.05) is 16.6 Å². The lowest BCUT2D eigenvalue weighted by Crippen LogP contribution is -2.14. The summed E-state index contributed by atoms with van der Waals surface area (Å²) in [5, 5.41) is 3.54. The lowest BCUT2D eigenvalue weighted by atomic mass is 10.1. The standard InChI is InChI=1S/C15H12BrNO2/c16-9-11-5-7-13(8-6-11)17-15(19)14-4-2-1-3-12(14)10-18/h1-8,10H,9H2,(H,17,19). The molecule has 0 heterocycles. The highest BCUT2D eigenvalue weighted by Crippen LogP contribution is 2.14. The van der Waals surface area contributed by atoms with Crippen molar-refractivity contribution in [3.8, 4) is 0 Å². The molecule has 19 heavy (non-hydrogen) atoms. The Balaban J connectivity index is 2.18. The van der Waals surface area contributed by atoms with Gasteiger partial charge in [0.25, 0.3) is 5.91 Å². The van der Waals surface area contributed by atoms with Crippen LogP contribution < -0.4 is 5.32 Å². The zero-order valence-electron chi connectivity index (χ0n) is 10.1. The molecule has 0 aliphatic heterocycles. The third kappa shape index (κ3) is 3.29. The van der Waals surface area contributed by atoms with Crippen molar-refractivity contribution in [2.45, 2.75) is 5.33 Å². The van der Waals surface area contributed by atoms with Crippen LogP contribution in [-0.2, 0) is 5.33 Å². The average Bonchev–Trinajstić information content (AvgIpc) is 2.48. The van der Waals surface area contributed by atoms with Gasteiger partial charge in [0.05, 0.1) is 5.56 Å². The predicted octanol–water partition coefficient (Wildman–Crippen LogP) is 3.65. The number of halogens is 1. The number of hydrogen-bond donors (Lipinski definition) is 1. The number of rotatable bonds is 4. The van der Waals surface area contributed by atoms with Crippen LogP contribution in [0.4, 0.5) is 5.69 Å². The second-order valence-electron chi connectivity index (χ2n) is 3.99.